The molecule has 0 N–H and O–H groups in total. The average Bonchev–Trinajstić information content (AvgIpc) is 3.11. The van der Waals surface area contributed by atoms with Crippen LogP contribution < -0.4 is 4.90 Å². The number of hydrogen-bond acceptors (Lipinski definition) is 6. The summed E-state index contributed by atoms with van der Waals surface area (Å²) in [5.41, 5.74) is 1.94. The van der Waals surface area contributed by atoms with Gasteiger partial charge in [0.2, 0.25) is 0 Å². The number of fused-ring (bicyclic) bond motifs is 3. The number of anilines is 1. The van der Waals surface area contributed by atoms with Crippen LogP contribution in [0, 0.1) is 11.3 Å². The van der Waals surface area contributed by atoms with Gasteiger partial charge in [0.1, 0.15) is 6.10 Å². The Labute approximate surface area is 196 Å². The highest BCUT2D eigenvalue weighted by atomic mass is 16.5. The van der Waals surface area contributed by atoms with Crippen molar-refractivity contribution in [2.75, 3.05) is 44.2 Å². The highest BCUT2D eigenvalue weighted by Gasteiger charge is 2.42. The van der Waals surface area contributed by atoms with Crippen molar-refractivity contribution in [3.8, 4) is 6.07 Å². The monoisotopic (exact) mass is 446 g/mol. The summed E-state index contributed by atoms with van der Waals surface area (Å²) in [6.45, 7) is 8.39. The van der Waals surface area contributed by atoms with Crippen LogP contribution in [-0.2, 0) is 9.53 Å². The maximum atomic E-state index is 12.6. The van der Waals surface area contributed by atoms with E-state index in [1.54, 1.807) is 0 Å². The summed E-state index contributed by atoms with van der Waals surface area (Å²) in [4.78, 5) is 20.0. The topological polar surface area (TPSA) is 59.8 Å². The molecular weight excluding hydrogens is 412 g/mol. The van der Waals surface area contributed by atoms with Crippen LogP contribution in [0.15, 0.2) is 36.4 Å². The molecule has 2 aromatic carbocycles. The van der Waals surface area contributed by atoms with Crippen molar-refractivity contribution >= 4 is 22.4 Å². The van der Waals surface area contributed by atoms with Crippen molar-refractivity contribution in [2.45, 2.75) is 57.2 Å². The summed E-state index contributed by atoms with van der Waals surface area (Å²) in [6, 6.07) is 15.4. The molecule has 6 heteroatoms. The Morgan fingerprint density at radius 2 is 1.67 bits per heavy atom. The molecule has 3 aliphatic rings. The predicted octanol–water partition coefficient (Wildman–Crippen LogP) is 3.78. The van der Waals surface area contributed by atoms with E-state index in [9.17, 15) is 10.1 Å². The lowest BCUT2D eigenvalue weighted by molar-refractivity contribution is -0.151. The normalized spacial score (nSPS) is 25.8. The molecule has 0 spiro atoms. The number of benzene rings is 2. The van der Waals surface area contributed by atoms with E-state index >= 15 is 0 Å². The average molecular weight is 447 g/mol. The molecule has 0 amide bonds. The molecule has 2 atom stereocenters. The van der Waals surface area contributed by atoms with E-state index in [1.807, 2.05) is 24.3 Å². The molecule has 2 aromatic rings. The van der Waals surface area contributed by atoms with E-state index in [1.165, 1.54) is 5.69 Å². The Kier molecular flexibility index (Phi) is 6.52. The lowest BCUT2D eigenvalue weighted by atomic mass is 9.96. The first-order valence-electron chi connectivity index (χ1n) is 12.5. The number of likely N-dealkylation sites (N-methyl/N-ethyl adjacent to an activating group) is 1. The van der Waals surface area contributed by atoms with Crippen LogP contribution in [0.4, 0.5) is 5.69 Å². The van der Waals surface area contributed by atoms with Crippen LogP contribution in [-0.4, -0.2) is 73.2 Å². The van der Waals surface area contributed by atoms with Gasteiger partial charge in [-0.15, -0.1) is 0 Å². The van der Waals surface area contributed by atoms with Crippen LogP contribution in [0.1, 0.15) is 44.6 Å². The fourth-order valence-electron chi connectivity index (χ4n) is 6.05. The number of nitrogens with zero attached hydrogens (tertiary/aromatic N) is 4. The number of piperidine rings is 1. The molecule has 3 saturated heterocycles. The van der Waals surface area contributed by atoms with Crippen molar-refractivity contribution < 1.29 is 9.53 Å². The lowest BCUT2D eigenvalue weighted by Crippen LogP contribution is -2.47. The van der Waals surface area contributed by atoms with Gasteiger partial charge in [-0.2, -0.15) is 5.26 Å². The van der Waals surface area contributed by atoms with E-state index in [0.29, 0.717) is 18.5 Å². The lowest BCUT2D eigenvalue weighted by Gasteiger charge is -2.41. The van der Waals surface area contributed by atoms with Crippen molar-refractivity contribution in [1.29, 1.82) is 5.26 Å². The van der Waals surface area contributed by atoms with Gasteiger partial charge < -0.3 is 19.4 Å². The summed E-state index contributed by atoms with van der Waals surface area (Å²) in [5, 5.41) is 11.7. The minimum absolute atomic E-state index is 0.0211. The summed E-state index contributed by atoms with van der Waals surface area (Å²) in [7, 11) is 0. The van der Waals surface area contributed by atoms with Crippen molar-refractivity contribution in [3.63, 3.8) is 0 Å². The largest absolute Gasteiger partial charge is 0.462 e. The number of rotatable bonds is 6. The molecule has 2 unspecified atom stereocenters. The second-order valence-electron chi connectivity index (χ2n) is 9.69. The molecule has 3 heterocycles. The Balaban J connectivity index is 1.20. The molecule has 0 aromatic heterocycles. The number of hydrogen-bond donors (Lipinski definition) is 0. The molecule has 3 aliphatic heterocycles. The number of piperazine rings is 1. The highest BCUT2D eigenvalue weighted by Crippen LogP contribution is 2.43. The van der Waals surface area contributed by atoms with E-state index in [0.717, 1.165) is 81.3 Å². The second kappa shape index (κ2) is 9.70. The number of ether oxygens (including phenoxy) is 1. The summed E-state index contributed by atoms with van der Waals surface area (Å²) in [6.07, 6.45) is 4.57. The molecule has 3 fully saturated rings. The number of carbonyl (C=O) groups is 1. The maximum absolute atomic E-state index is 12.6. The van der Waals surface area contributed by atoms with Crippen LogP contribution in [0.2, 0.25) is 0 Å². The summed E-state index contributed by atoms with van der Waals surface area (Å²) >= 11 is 0. The molecule has 0 aliphatic carbocycles. The van der Waals surface area contributed by atoms with Crippen LogP contribution in [0.3, 0.4) is 0 Å². The zero-order chi connectivity index (χ0) is 22.8. The molecule has 0 saturated carbocycles. The third-order valence-corrected chi connectivity index (χ3v) is 7.83. The van der Waals surface area contributed by atoms with Crippen LogP contribution in [0.5, 0.6) is 0 Å². The van der Waals surface area contributed by atoms with Crippen molar-refractivity contribution in [2.24, 2.45) is 0 Å². The zero-order valence-electron chi connectivity index (χ0n) is 19.6. The fraction of sp³-hybridized carbons (Fsp3) is 0.556. The van der Waals surface area contributed by atoms with Gasteiger partial charge in [-0.05, 0) is 31.5 Å². The van der Waals surface area contributed by atoms with E-state index in [-0.39, 0.29) is 12.1 Å². The van der Waals surface area contributed by atoms with Gasteiger partial charge >= 0.3 is 5.97 Å². The van der Waals surface area contributed by atoms with Gasteiger partial charge in [-0.3, -0.25) is 4.79 Å². The molecule has 5 rings (SSSR count). The first kappa shape index (κ1) is 22.2. The van der Waals surface area contributed by atoms with Gasteiger partial charge in [-0.25, -0.2) is 0 Å². The van der Waals surface area contributed by atoms with Gasteiger partial charge in [0.15, 0.2) is 0 Å². The second-order valence-corrected chi connectivity index (χ2v) is 9.69. The molecule has 2 bridgehead atoms. The Bertz CT molecular complexity index is 1030. The standard InChI is InChI=1S/C27H34N4O2/c1-2-29-13-15-30(16-14-29)12-11-27(32)33-23-17-21-8-9-22(18-23)31(21)26-10-7-20(19-28)24-5-3-4-6-25(24)26/h3-7,10,21-23H,2,8-9,11-18H2,1H3. The number of carbonyl (C=O) groups excluding carboxylic acids is 1. The van der Waals surface area contributed by atoms with Gasteiger partial charge in [0.25, 0.3) is 0 Å². The SMILES string of the molecule is CCN1CCN(CCC(=O)OC2CC3CCC(C2)N3c2ccc(C#N)c3ccccc23)CC1. The van der Waals surface area contributed by atoms with Crippen molar-refractivity contribution in [3.05, 3.63) is 42.0 Å². The summed E-state index contributed by atoms with van der Waals surface area (Å²) < 4.78 is 5.97. The Morgan fingerprint density at radius 1 is 1.00 bits per heavy atom. The number of nitriles is 1. The Morgan fingerprint density at radius 3 is 2.33 bits per heavy atom. The fourth-order valence-corrected chi connectivity index (χ4v) is 6.05. The van der Waals surface area contributed by atoms with E-state index in [4.69, 9.17) is 4.74 Å². The minimum Gasteiger partial charge on any atom is -0.462 e. The smallest absolute Gasteiger partial charge is 0.307 e. The summed E-state index contributed by atoms with van der Waals surface area (Å²) in [5.74, 6) is -0.0467. The van der Waals surface area contributed by atoms with Gasteiger partial charge in [-0.1, -0.05) is 31.2 Å². The quantitative estimate of drug-likeness (QED) is 0.630. The van der Waals surface area contributed by atoms with Crippen LogP contribution >= 0.6 is 0 Å². The molecule has 174 valence electrons. The Hall–Kier alpha value is -2.62. The van der Waals surface area contributed by atoms with E-state index in [2.05, 4.69) is 39.8 Å². The molecular formula is C27H34N4O2. The van der Waals surface area contributed by atoms with Crippen molar-refractivity contribution in [1.82, 2.24) is 9.80 Å². The zero-order valence-corrected chi connectivity index (χ0v) is 19.6. The third kappa shape index (κ3) is 4.58. The first-order chi connectivity index (χ1) is 16.2. The van der Waals surface area contributed by atoms with Gasteiger partial charge in [0, 0.05) is 74.1 Å². The predicted molar refractivity (Wildman–Crippen MR) is 130 cm³/mol. The van der Waals surface area contributed by atoms with Gasteiger partial charge in [0.05, 0.1) is 18.1 Å². The first-order valence-corrected chi connectivity index (χ1v) is 12.5. The molecule has 0 radical (unpaired) electrons. The van der Waals surface area contributed by atoms with E-state index < -0.39 is 0 Å². The molecule has 33 heavy (non-hydrogen) atoms. The highest BCUT2D eigenvalue weighted by molar-refractivity contribution is 5.98. The number of esters is 1. The molecule has 6 nitrogen and oxygen atoms in total. The minimum atomic E-state index is -0.0467. The maximum Gasteiger partial charge on any atom is 0.307 e. The van der Waals surface area contributed by atoms with Crippen LogP contribution in [0.25, 0.3) is 10.8 Å². The third-order valence-electron chi connectivity index (χ3n) is 7.83.